The van der Waals surface area contributed by atoms with Crippen molar-refractivity contribution in [2.24, 2.45) is 5.41 Å². The molecule has 0 bridgehead atoms. The van der Waals surface area contributed by atoms with Crippen LogP contribution in [0, 0.1) is 12.3 Å². The number of carbonyl (C=O) groups excluding carboxylic acids is 2. The molecule has 1 aliphatic heterocycles. The maximum absolute atomic E-state index is 13.4. The largest absolute Gasteiger partial charge is 0.493 e. The molecule has 2 fully saturated rings. The molecule has 0 aromatic heterocycles. The number of alkyl halides is 3. The minimum Gasteiger partial charge on any atom is -0.493 e. The monoisotopic (exact) mass is 548 g/mol. The molecule has 3 atom stereocenters. The second-order valence-corrected chi connectivity index (χ2v) is 10.7. The quantitative estimate of drug-likeness (QED) is 0.337. The number of ether oxygens (including phenoxy) is 4. The Morgan fingerprint density at radius 2 is 1.74 bits per heavy atom. The fourth-order valence-electron chi connectivity index (χ4n) is 5.18. The van der Waals surface area contributed by atoms with Gasteiger partial charge in [0.1, 0.15) is 25.1 Å². The highest BCUT2D eigenvalue weighted by Gasteiger charge is 2.58. The van der Waals surface area contributed by atoms with Crippen molar-refractivity contribution >= 4 is 11.9 Å². The van der Waals surface area contributed by atoms with E-state index in [4.69, 9.17) is 18.9 Å². The van der Waals surface area contributed by atoms with Gasteiger partial charge in [0.15, 0.2) is 0 Å². The first kappa shape index (κ1) is 28.9. The van der Waals surface area contributed by atoms with E-state index in [0.717, 1.165) is 22.3 Å². The van der Waals surface area contributed by atoms with Crippen molar-refractivity contribution in [3.05, 3.63) is 64.7 Å². The van der Waals surface area contributed by atoms with Crippen molar-refractivity contribution in [1.82, 2.24) is 0 Å². The number of hydrogen-bond donors (Lipinski definition) is 0. The van der Waals surface area contributed by atoms with Gasteiger partial charge in [-0.1, -0.05) is 36.8 Å². The van der Waals surface area contributed by atoms with Gasteiger partial charge in [0.2, 0.25) is 0 Å². The predicted molar refractivity (Wildman–Crippen MR) is 137 cm³/mol. The van der Waals surface area contributed by atoms with Crippen molar-refractivity contribution in [2.75, 3.05) is 13.2 Å². The average molecular weight is 549 g/mol. The Morgan fingerprint density at radius 3 is 2.33 bits per heavy atom. The van der Waals surface area contributed by atoms with Gasteiger partial charge in [-0.2, -0.15) is 13.2 Å². The molecule has 3 unspecified atom stereocenters. The normalized spacial score (nSPS) is 22.5. The highest BCUT2D eigenvalue weighted by Crippen LogP contribution is 2.53. The molecule has 212 valence electrons. The van der Waals surface area contributed by atoms with Gasteiger partial charge >= 0.3 is 18.1 Å². The van der Waals surface area contributed by atoms with Gasteiger partial charge < -0.3 is 18.9 Å². The van der Waals surface area contributed by atoms with Crippen LogP contribution in [0.5, 0.6) is 5.75 Å². The van der Waals surface area contributed by atoms with E-state index in [0.29, 0.717) is 31.4 Å². The molecule has 4 rings (SSSR count). The first-order valence-electron chi connectivity index (χ1n) is 13.3. The maximum atomic E-state index is 13.4. The summed E-state index contributed by atoms with van der Waals surface area (Å²) in [5, 5.41) is 0. The van der Waals surface area contributed by atoms with Crippen molar-refractivity contribution in [2.45, 2.75) is 83.8 Å². The van der Waals surface area contributed by atoms with Crippen LogP contribution in [0.1, 0.15) is 74.3 Å². The highest BCUT2D eigenvalue weighted by molar-refractivity contribution is 5.66. The molecule has 1 saturated heterocycles. The molecule has 39 heavy (non-hydrogen) atoms. The summed E-state index contributed by atoms with van der Waals surface area (Å²) in [5.41, 5.74) is 2.35. The van der Waals surface area contributed by atoms with E-state index in [1.807, 2.05) is 31.2 Å². The first-order chi connectivity index (χ1) is 18.4. The molecule has 0 radical (unpaired) electrons. The zero-order chi connectivity index (χ0) is 28.2. The summed E-state index contributed by atoms with van der Waals surface area (Å²) < 4.78 is 62.6. The van der Waals surface area contributed by atoms with Crippen LogP contribution in [0.15, 0.2) is 42.5 Å². The number of esters is 2. The Morgan fingerprint density at radius 1 is 1.03 bits per heavy atom. The van der Waals surface area contributed by atoms with Crippen LogP contribution < -0.4 is 4.74 Å². The van der Waals surface area contributed by atoms with Crippen molar-refractivity contribution in [1.29, 1.82) is 0 Å². The fourth-order valence-corrected chi connectivity index (χ4v) is 5.18. The third kappa shape index (κ3) is 7.32. The lowest BCUT2D eigenvalue weighted by atomic mass is 9.69. The number of aryl methyl sites for hydroxylation is 1. The molecule has 2 aromatic rings. The van der Waals surface area contributed by atoms with Gasteiger partial charge in [0.25, 0.3) is 0 Å². The highest BCUT2D eigenvalue weighted by atomic mass is 19.4. The third-order valence-electron chi connectivity index (χ3n) is 7.65. The number of rotatable bonds is 9. The van der Waals surface area contributed by atoms with E-state index in [2.05, 4.69) is 6.07 Å². The predicted octanol–water partition coefficient (Wildman–Crippen LogP) is 6.41. The summed E-state index contributed by atoms with van der Waals surface area (Å²) in [7, 11) is 0. The van der Waals surface area contributed by atoms with Crippen LogP contribution in [0.4, 0.5) is 13.2 Å². The zero-order valence-electron chi connectivity index (χ0n) is 22.5. The van der Waals surface area contributed by atoms with Gasteiger partial charge in [-0.25, -0.2) is 0 Å². The Balaban J connectivity index is 1.43. The lowest BCUT2D eigenvalue weighted by molar-refractivity contribution is -0.259. The van der Waals surface area contributed by atoms with Crippen LogP contribution in [-0.2, 0) is 30.2 Å². The number of halogens is 3. The summed E-state index contributed by atoms with van der Waals surface area (Å²) >= 11 is 0. The average Bonchev–Trinajstić information content (AvgIpc) is 2.83. The SMILES string of the molecule is CC(=O)OCC1CC(OC(C)=O)CC(c2ccc(C)c(Cc3ccc(OCC4(C(F)(F)F)CCC4)cc3)c2)O1. The van der Waals surface area contributed by atoms with E-state index >= 15 is 0 Å². The van der Waals surface area contributed by atoms with E-state index in [1.165, 1.54) is 13.8 Å². The second-order valence-electron chi connectivity index (χ2n) is 10.7. The molecule has 6 nitrogen and oxygen atoms in total. The Hall–Kier alpha value is -3.07. The second kappa shape index (κ2) is 12.0. The van der Waals surface area contributed by atoms with Crippen LogP contribution in [0.2, 0.25) is 0 Å². The minimum atomic E-state index is -4.26. The third-order valence-corrected chi connectivity index (χ3v) is 7.65. The molecule has 2 aliphatic rings. The molecular weight excluding hydrogens is 513 g/mol. The molecular formula is C30H35F3O6. The summed E-state index contributed by atoms with van der Waals surface area (Å²) in [6.07, 6.45) is -3.00. The molecule has 9 heteroatoms. The van der Waals surface area contributed by atoms with E-state index in [-0.39, 0.29) is 44.2 Å². The number of carbonyl (C=O) groups is 2. The van der Waals surface area contributed by atoms with E-state index < -0.39 is 23.7 Å². The Kier molecular flexibility index (Phi) is 8.89. The van der Waals surface area contributed by atoms with Gasteiger partial charge in [0.05, 0.1) is 17.6 Å². The summed E-state index contributed by atoms with van der Waals surface area (Å²) in [4.78, 5) is 22.9. The molecule has 1 saturated carbocycles. The van der Waals surface area contributed by atoms with Crippen molar-refractivity contribution < 1.29 is 41.7 Å². The molecule has 0 amide bonds. The summed E-state index contributed by atoms with van der Waals surface area (Å²) in [6, 6.07) is 13.2. The minimum absolute atomic E-state index is 0.0842. The van der Waals surface area contributed by atoms with E-state index in [1.54, 1.807) is 12.1 Å². The van der Waals surface area contributed by atoms with Gasteiger partial charge in [-0.3, -0.25) is 9.59 Å². The fraction of sp³-hybridized carbons (Fsp3) is 0.533. The maximum Gasteiger partial charge on any atom is 0.397 e. The molecule has 2 aromatic carbocycles. The Bertz CT molecular complexity index is 1160. The topological polar surface area (TPSA) is 71.1 Å². The van der Waals surface area contributed by atoms with Crippen LogP contribution in [0.3, 0.4) is 0 Å². The van der Waals surface area contributed by atoms with Crippen LogP contribution >= 0.6 is 0 Å². The summed E-state index contributed by atoms with van der Waals surface area (Å²) in [6.45, 7) is 4.44. The van der Waals surface area contributed by atoms with Crippen molar-refractivity contribution in [3.8, 4) is 5.75 Å². The van der Waals surface area contributed by atoms with Crippen LogP contribution in [0.25, 0.3) is 0 Å². The smallest absolute Gasteiger partial charge is 0.397 e. The first-order valence-corrected chi connectivity index (χ1v) is 13.3. The van der Waals surface area contributed by atoms with Gasteiger partial charge in [0, 0.05) is 26.7 Å². The molecule has 1 aliphatic carbocycles. The zero-order valence-corrected chi connectivity index (χ0v) is 22.5. The lowest BCUT2D eigenvalue weighted by Crippen LogP contribution is -2.48. The standard InChI is InChI=1S/C30H35F3O6/c1-19-5-8-23(28-16-26(38-21(3)35)15-27(39-28)17-36-20(2)34)14-24(19)13-22-6-9-25(10-7-22)37-18-29(11-4-12-29)30(31,32)33/h5-10,14,26-28H,4,11-13,15-18H2,1-3H3. The lowest BCUT2D eigenvalue weighted by Gasteiger charge is -2.42. The number of benzene rings is 2. The summed E-state index contributed by atoms with van der Waals surface area (Å²) in [5.74, 6) is -0.349. The molecule has 1 heterocycles. The van der Waals surface area contributed by atoms with E-state index in [9.17, 15) is 22.8 Å². The van der Waals surface area contributed by atoms with Crippen molar-refractivity contribution in [3.63, 3.8) is 0 Å². The molecule has 0 N–H and O–H groups in total. The number of hydrogen-bond acceptors (Lipinski definition) is 6. The molecule has 0 spiro atoms. The van der Waals surface area contributed by atoms with Gasteiger partial charge in [-0.05, 0) is 60.6 Å². The Labute approximate surface area is 226 Å². The van der Waals surface area contributed by atoms with Crippen LogP contribution in [-0.4, -0.2) is 43.5 Å². The van der Waals surface area contributed by atoms with Gasteiger partial charge in [-0.15, -0.1) is 0 Å².